The minimum atomic E-state index is 0.0126. The highest BCUT2D eigenvalue weighted by atomic mass is 16.5. The van der Waals surface area contributed by atoms with Gasteiger partial charge in [0.15, 0.2) is 0 Å². The van der Waals surface area contributed by atoms with Crippen LogP contribution in [0.5, 0.6) is 5.75 Å². The minimum Gasteiger partial charge on any atom is -0.497 e. The Labute approximate surface area is 151 Å². The lowest BCUT2D eigenvalue weighted by atomic mass is 9.89. The zero-order valence-electron chi connectivity index (χ0n) is 14.6. The molecular weight excluding hydrogens is 330 g/mol. The summed E-state index contributed by atoms with van der Waals surface area (Å²) in [5.41, 5.74) is 3.86. The molecule has 0 unspecified atom stereocenters. The highest BCUT2D eigenvalue weighted by Gasteiger charge is 2.27. The number of amides is 1. The Morgan fingerprint density at radius 2 is 2.04 bits per heavy atom. The second kappa shape index (κ2) is 7.03. The maximum Gasteiger partial charge on any atom is 0.271 e. The number of benzene rings is 1. The maximum absolute atomic E-state index is 12.4. The summed E-state index contributed by atoms with van der Waals surface area (Å²) in [4.78, 5) is 14.3. The van der Waals surface area contributed by atoms with Crippen molar-refractivity contribution >= 4 is 5.91 Å². The molecule has 1 aliphatic heterocycles. The summed E-state index contributed by atoms with van der Waals surface area (Å²) in [6.07, 6.45) is 5.27. The van der Waals surface area contributed by atoms with Crippen LogP contribution in [0.25, 0.3) is 11.1 Å². The minimum absolute atomic E-state index is 0.0126. The van der Waals surface area contributed by atoms with Crippen LogP contribution in [0.1, 0.15) is 34.9 Å². The molecule has 0 spiro atoms. The molecule has 0 aliphatic carbocycles. The van der Waals surface area contributed by atoms with Gasteiger partial charge in [0.2, 0.25) is 0 Å². The van der Waals surface area contributed by atoms with Gasteiger partial charge in [-0.3, -0.25) is 15.0 Å². The number of H-pyrrole nitrogens is 2. The van der Waals surface area contributed by atoms with Gasteiger partial charge in [-0.15, -0.1) is 0 Å². The van der Waals surface area contributed by atoms with Crippen molar-refractivity contribution in [2.75, 3.05) is 20.2 Å². The summed E-state index contributed by atoms with van der Waals surface area (Å²) in [5.74, 6) is 1.19. The van der Waals surface area contributed by atoms with Gasteiger partial charge in [0, 0.05) is 36.5 Å². The van der Waals surface area contributed by atoms with Crippen molar-refractivity contribution in [2.45, 2.75) is 18.8 Å². The summed E-state index contributed by atoms with van der Waals surface area (Å²) in [6, 6.07) is 9.71. The van der Waals surface area contributed by atoms with E-state index in [2.05, 4.69) is 26.5 Å². The predicted octanol–water partition coefficient (Wildman–Crippen LogP) is 2.83. The fourth-order valence-corrected chi connectivity index (χ4v) is 3.54. The van der Waals surface area contributed by atoms with E-state index in [1.165, 1.54) is 0 Å². The van der Waals surface area contributed by atoms with Crippen molar-refractivity contribution in [1.82, 2.24) is 25.3 Å². The number of likely N-dealkylation sites (tertiary alicyclic amines) is 1. The number of nitrogens with zero attached hydrogens (tertiary/aromatic N) is 3. The molecule has 7 heteroatoms. The molecule has 2 N–H and O–H groups in total. The Kier molecular flexibility index (Phi) is 4.43. The van der Waals surface area contributed by atoms with Gasteiger partial charge in [-0.25, -0.2) is 0 Å². The van der Waals surface area contributed by atoms with E-state index < -0.39 is 0 Å². The van der Waals surface area contributed by atoms with Crippen LogP contribution in [0.3, 0.4) is 0 Å². The molecule has 4 rings (SSSR count). The lowest BCUT2D eigenvalue weighted by Gasteiger charge is -2.31. The monoisotopic (exact) mass is 351 g/mol. The molecule has 1 aromatic carbocycles. The normalized spacial score (nSPS) is 15.2. The van der Waals surface area contributed by atoms with Gasteiger partial charge < -0.3 is 9.64 Å². The molecule has 7 nitrogen and oxygen atoms in total. The number of piperidine rings is 1. The average molecular weight is 351 g/mol. The summed E-state index contributed by atoms with van der Waals surface area (Å²) >= 11 is 0. The Morgan fingerprint density at radius 3 is 2.77 bits per heavy atom. The van der Waals surface area contributed by atoms with Gasteiger partial charge >= 0.3 is 0 Å². The third kappa shape index (κ3) is 3.08. The average Bonchev–Trinajstić information content (AvgIpc) is 3.39. The largest absolute Gasteiger partial charge is 0.497 e. The maximum atomic E-state index is 12.4. The van der Waals surface area contributed by atoms with Crippen LogP contribution in [0, 0.1) is 0 Å². The van der Waals surface area contributed by atoms with Crippen molar-refractivity contribution in [3.8, 4) is 16.9 Å². The summed E-state index contributed by atoms with van der Waals surface area (Å²) in [7, 11) is 1.67. The molecule has 1 saturated heterocycles. The van der Waals surface area contributed by atoms with Crippen LogP contribution < -0.4 is 4.74 Å². The van der Waals surface area contributed by atoms with Crippen LogP contribution in [-0.2, 0) is 0 Å². The van der Waals surface area contributed by atoms with Crippen LogP contribution in [0.2, 0.25) is 0 Å². The molecule has 134 valence electrons. The number of methoxy groups -OCH3 is 1. The first-order chi connectivity index (χ1) is 12.8. The van der Waals surface area contributed by atoms with Gasteiger partial charge in [0.05, 0.1) is 13.3 Å². The molecule has 2 aromatic heterocycles. The van der Waals surface area contributed by atoms with Crippen molar-refractivity contribution in [1.29, 1.82) is 0 Å². The zero-order valence-corrected chi connectivity index (χ0v) is 14.6. The van der Waals surface area contributed by atoms with Crippen LogP contribution >= 0.6 is 0 Å². The molecule has 1 amide bonds. The van der Waals surface area contributed by atoms with Crippen LogP contribution in [-0.4, -0.2) is 51.4 Å². The fourth-order valence-electron chi connectivity index (χ4n) is 3.54. The Bertz CT molecular complexity index is 879. The quantitative estimate of drug-likeness (QED) is 0.757. The second-order valence-corrected chi connectivity index (χ2v) is 6.47. The Morgan fingerprint density at radius 1 is 1.19 bits per heavy atom. The summed E-state index contributed by atoms with van der Waals surface area (Å²) in [5, 5.41) is 14.0. The number of hydrogen-bond donors (Lipinski definition) is 2. The first-order valence-corrected chi connectivity index (χ1v) is 8.72. The summed E-state index contributed by atoms with van der Waals surface area (Å²) in [6.45, 7) is 1.44. The first kappa shape index (κ1) is 16.4. The highest BCUT2D eigenvalue weighted by Crippen LogP contribution is 2.35. The highest BCUT2D eigenvalue weighted by molar-refractivity contribution is 5.92. The van der Waals surface area contributed by atoms with Crippen molar-refractivity contribution in [3.05, 3.63) is 54.1 Å². The first-order valence-electron chi connectivity index (χ1n) is 8.72. The number of hydrogen-bond acceptors (Lipinski definition) is 4. The van der Waals surface area contributed by atoms with Crippen molar-refractivity contribution < 1.29 is 9.53 Å². The van der Waals surface area contributed by atoms with Gasteiger partial charge in [0.25, 0.3) is 5.91 Å². The van der Waals surface area contributed by atoms with Gasteiger partial charge in [0.1, 0.15) is 11.4 Å². The molecule has 3 aromatic rings. The SMILES string of the molecule is COc1cccc(-c2cn[nH]c2C2CCN(C(=O)c3ccn[nH]3)CC2)c1. The third-order valence-corrected chi connectivity index (χ3v) is 4.97. The number of aromatic nitrogens is 4. The number of aromatic amines is 2. The molecule has 1 fully saturated rings. The van der Waals surface area contributed by atoms with E-state index in [0.29, 0.717) is 11.6 Å². The Balaban J connectivity index is 1.49. The smallest absolute Gasteiger partial charge is 0.271 e. The molecule has 0 atom stereocenters. The van der Waals surface area contributed by atoms with Crippen molar-refractivity contribution in [3.63, 3.8) is 0 Å². The van der Waals surface area contributed by atoms with E-state index in [0.717, 1.165) is 48.5 Å². The van der Waals surface area contributed by atoms with Gasteiger partial charge in [-0.05, 0) is 36.6 Å². The predicted molar refractivity (Wildman–Crippen MR) is 97.0 cm³/mol. The molecule has 0 radical (unpaired) electrons. The zero-order chi connectivity index (χ0) is 17.9. The fraction of sp³-hybridized carbons (Fsp3) is 0.316. The third-order valence-electron chi connectivity index (χ3n) is 4.97. The molecule has 0 saturated carbocycles. The number of rotatable bonds is 4. The van der Waals surface area contributed by atoms with E-state index in [1.807, 2.05) is 29.3 Å². The van der Waals surface area contributed by atoms with Gasteiger partial charge in [-0.2, -0.15) is 10.2 Å². The van der Waals surface area contributed by atoms with Crippen LogP contribution in [0.15, 0.2) is 42.7 Å². The van der Waals surface area contributed by atoms with Crippen LogP contribution in [0.4, 0.5) is 0 Å². The number of carbonyl (C=O) groups excluding carboxylic acids is 1. The topological polar surface area (TPSA) is 86.9 Å². The van der Waals surface area contributed by atoms with E-state index >= 15 is 0 Å². The molecular formula is C19H21N5O2. The van der Waals surface area contributed by atoms with Crippen molar-refractivity contribution in [2.24, 2.45) is 0 Å². The van der Waals surface area contributed by atoms with Gasteiger partial charge in [-0.1, -0.05) is 12.1 Å². The molecule has 1 aliphatic rings. The standard InChI is InChI=1S/C19H21N5O2/c1-26-15-4-2-3-14(11-15)16-12-21-23-18(16)13-6-9-24(10-7-13)19(25)17-5-8-20-22-17/h2-5,8,11-13H,6-7,9-10H2,1H3,(H,20,22)(H,21,23). The lowest BCUT2D eigenvalue weighted by Crippen LogP contribution is -2.38. The summed E-state index contributed by atoms with van der Waals surface area (Å²) < 4.78 is 5.33. The number of nitrogens with one attached hydrogen (secondary N) is 2. The number of carbonyl (C=O) groups is 1. The lowest BCUT2D eigenvalue weighted by molar-refractivity contribution is 0.0706. The molecule has 3 heterocycles. The molecule has 26 heavy (non-hydrogen) atoms. The van der Waals surface area contributed by atoms with E-state index in [9.17, 15) is 4.79 Å². The molecule has 0 bridgehead atoms. The van der Waals surface area contributed by atoms with E-state index in [4.69, 9.17) is 4.74 Å². The van der Waals surface area contributed by atoms with E-state index in [-0.39, 0.29) is 5.91 Å². The Hall–Kier alpha value is -3.09. The second-order valence-electron chi connectivity index (χ2n) is 6.47. The van der Waals surface area contributed by atoms with E-state index in [1.54, 1.807) is 19.4 Å². The number of ether oxygens (including phenoxy) is 1.